The van der Waals surface area contributed by atoms with Gasteiger partial charge in [0.2, 0.25) is 0 Å². The largest absolute Gasteiger partial charge is 1.00 e. The van der Waals surface area contributed by atoms with Crippen LogP contribution in [0.15, 0.2) is 76.0 Å². The van der Waals surface area contributed by atoms with Crippen LogP contribution in [0.2, 0.25) is 0 Å². The fourth-order valence-electron chi connectivity index (χ4n) is 3.81. The van der Waals surface area contributed by atoms with Crippen molar-refractivity contribution >= 4 is 33.2 Å². The van der Waals surface area contributed by atoms with Gasteiger partial charge in [0.15, 0.2) is 5.84 Å². The number of anilines is 1. The molecular formula is C25H24ClN4O6S-. The Kier molecular flexibility index (Phi) is 8.64. The first-order valence-corrected chi connectivity index (χ1v) is 12.7. The summed E-state index contributed by atoms with van der Waals surface area (Å²) in [5.74, 6) is -0.216. The Bertz CT molecular complexity index is 1470. The molecule has 0 bridgehead atoms. The molecule has 12 heteroatoms. The zero-order valence-electron chi connectivity index (χ0n) is 20.0. The molecule has 0 fully saturated rings. The third kappa shape index (κ3) is 6.13. The normalized spacial score (nSPS) is 13.3. The van der Waals surface area contributed by atoms with E-state index >= 15 is 0 Å². The quantitative estimate of drug-likeness (QED) is 0.194. The van der Waals surface area contributed by atoms with E-state index in [4.69, 9.17) is 4.74 Å². The first-order valence-electron chi connectivity index (χ1n) is 11.2. The number of ether oxygens (including phenoxy) is 1. The lowest BCUT2D eigenvalue weighted by Crippen LogP contribution is -3.00. The van der Waals surface area contributed by atoms with Gasteiger partial charge in [0.25, 0.3) is 15.7 Å². The minimum absolute atomic E-state index is 0. The lowest BCUT2D eigenvalue weighted by molar-refractivity contribution is -0.384. The molecule has 0 unspecified atom stereocenters. The van der Waals surface area contributed by atoms with Gasteiger partial charge in [-0.3, -0.25) is 15.0 Å². The Morgan fingerprint density at radius 3 is 2.49 bits per heavy atom. The summed E-state index contributed by atoms with van der Waals surface area (Å²) in [6.45, 7) is 5.99. The molecule has 1 aliphatic heterocycles. The number of hydrogen-bond acceptors (Lipinski definition) is 8. The number of nitro benzene ring substituents is 1. The smallest absolute Gasteiger partial charge is 0.343 e. The van der Waals surface area contributed by atoms with Crippen LogP contribution in [0.3, 0.4) is 0 Å². The predicted octanol–water partition coefficient (Wildman–Crippen LogP) is 1.22. The van der Waals surface area contributed by atoms with Gasteiger partial charge in [0.1, 0.15) is 10.6 Å². The minimum Gasteiger partial charge on any atom is -1.00 e. The first-order chi connectivity index (χ1) is 17.2. The molecular weight excluding hydrogens is 520 g/mol. The molecule has 1 heterocycles. The van der Waals surface area contributed by atoms with Gasteiger partial charge < -0.3 is 22.5 Å². The predicted molar refractivity (Wildman–Crippen MR) is 135 cm³/mol. The summed E-state index contributed by atoms with van der Waals surface area (Å²) in [5, 5.41) is 14.1. The van der Waals surface area contributed by atoms with Crippen LogP contribution in [0, 0.1) is 10.1 Å². The second kappa shape index (κ2) is 11.5. The van der Waals surface area contributed by atoms with E-state index < -0.39 is 20.9 Å². The van der Waals surface area contributed by atoms with Gasteiger partial charge in [0, 0.05) is 35.5 Å². The number of nitrogens with zero attached hydrogens (tertiary/aromatic N) is 3. The zero-order chi connectivity index (χ0) is 25.9. The molecule has 4 rings (SSSR count). The molecule has 0 aromatic heterocycles. The number of carbonyl (C=O) groups excluding carboxylic acids is 1. The van der Waals surface area contributed by atoms with Gasteiger partial charge in [-0.1, -0.05) is 32.0 Å². The van der Waals surface area contributed by atoms with Gasteiger partial charge in [0.05, 0.1) is 10.5 Å². The molecule has 3 aromatic carbocycles. The maximum Gasteiger partial charge on any atom is 0.343 e. The third-order valence-electron chi connectivity index (χ3n) is 5.74. The van der Waals surface area contributed by atoms with E-state index in [1.165, 1.54) is 30.3 Å². The first kappa shape index (κ1) is 27.8. The molecule has 10 nitrogen and oxygen atoms in total. The van der Waals surface area contributed by atoms with E-state index in [-0.39, 0.29) is 34.4 Å². The third-order valence-corrected chi connectivity index (χ3v) is 7.07. The summed E-state index contributed by atoms with van der Waals surface area (Å²) >= 11 is 0. The Morgan fingerprint density at radius 2 is 1.78 bits per heavy atom. The summed E-state index contributed by atoms with van der Waals surface area (Å²) in [5.41, 5.74) is 1.57. The summed E-state index contributed by atoms with van der Waals surface area (Å²) < 4.78 is 34.3. The lowest BCUT2D eigenvalue weighted by atomic mass is 10.1. The molecule has 0 amide bonds. The molecule has 0 spiro atoms. The molecule has 0 saturated carbocycles. The Morgan fingerprint density at radius 1 is 1.05 bits per heavy atom. The standard InChI is InChI=1S/C25H24N4O6S.ClH/c1-3-28(4-2)16-18-14-19(26-24-21-10-5-6-11-23(21)36(33,34)27-24)12-13-22(18)35-25(30)17-8-7-9-20(15-17)29(31)32;/h5-15H,3-4,16H2,1-2H3,(H,26,27);1H/p-1. The topological polar surface area (TPSA) is 131 Å². The highest BCUT2D eigenvalue weighted by Gasteiger charge is 2.28. The van der Waals surface area contributed by atoms with Gasteiger partial charge in [-0.2, -0.15) is 8.42 Å². The van der Waals surface area contributed by atoms with Crippen molar-refractivity contribution in [3.63, 3.8) is 0 Å². The van der Waals surface area contributed by atoms with E-state index in [2.05, 4.69) is 14.6 Å². The summed E-state index contributed by atoms with van der Waals surface area (Å²) in [6, 6.07) is 16.9. The van der Waals surface area contributed by atoms with Crippen LogP contribution in [0.1, 0.15) is 35.3 Å². The van der Waals surface area contributed by atoms with Crippen LogP contribution in [0.5, 0.6) is 5.75 Å². The fraction of sp³-hybridized carbons (Fsp3) is 0.200. The second-order valence-corrected chi connectivity index (χ2v) is 9.59. The van der Waals surface area contributed by atoms with Gasteiger partial charge in [-0.25, -0.2) is 4.79 Å². The molecule has 1 N–H and O–H groups in total. The Labute approximate surface area is 220 Å². The number of esters is 1. The number of nitrogens with one attached hydrogen (secondary N) is 1. The molecule has 0 saturated heterocycles. The summed E-state index contributed by atoms with van der Waals surface area (Å²) in [4.78, 5) is 25.5. The monoisotopic (exact) mass is 543 g/mol. The van der Waals surface area contributed by atoms with Crippen molar-refractivity contribution in [1.29, 1.82) is 0 Å². The maximum atomic E-state index is 12.8. The zero-order valence-corrected chi connectivity index (χ0v) is 21.6. The molecule has 1 aliphatic rings. The molecule has 194 valence electrons. The molecule has 0 aliphatic carbocycles. The highest BCUT2D eigenvalue weighted by molar-refractivity contribution is 7.90. The van der Waals surface area contributed by atoms with Crippen molar-refractivity contribution in [2.24, 2.45) is 4.40 Å². The number of halogens is 1. The van der Waals surface area contributed by atoms with E-state index in [1.54, 1.807) is 36.4 Å². The average molecular weight is 544 g/mol. The molecule has 3 aromatic rings. The number of sulfonamides is 1. The summed E-state index contributed by atoms with van der Waals surface area (Å²) in [6.07, 6.45) is 0. The molecule has 37 heavy (non-hydrogen) atoms. The molecule has 0 atom stereocenters. The number of hydrogen-bond donors (Lipinski definition) is 1. The highest BCUT2D eigenvalue weighted by atomic mass is 35.5. The number of non-ortho nitro benzene ring substituents is 1. The van der Waals surface area contributed by atoms with Crippen LogP contribution >= 0.6 is 0 Å². The van der Waals surface area contributed by atoms with E-state index in [0.717, 1.165) is 13.1 Å². The van der Waals surface area contributed by atoms with Crippen LogP contribution in [-0.2, 0) is 16.6 Å². The van der Waals surface area contributed by atoms with Crippen molar-refractivity contribution in [1.82, 2.24) is 4.90 Å². The second-order valence-electron chi connectivity index (χ2n) is 8.02. The number of nitro groups is 1. The number of amidine groups is 1. The number of benzene rings is 3. The number of carbonyl (C=O) groups is 1. The molecule has 0 radical (unpaired) electrons. The van der Waals surface area contributed by atoms with E-state index in [0.29, 0.717) is 29.1 Å². The van der Waals surface area contributed by atoms with Crippen molar-refractivity contribution in [3.8, 4) is 5.75 Å². The highest BCUT2D eigenvalue weighted by Crippen LogP contribution is 2.30. The van der Waals surface area contributed by atoms with Crippen LogP contribution < -0.4 is 22.5 Å². The summed E-state index contributed by atoms with van der Waals surface area (Å²) in [7, 11) is -3.78. The Balaban J connectivity index is 0.00000380. The number of rotatable bonds is 8. The lowest BCUT2D eigenvalue weighted by Gasteiger charge is -2.21. The maximum absolute atomic E-state index is 12.8. The van der Waals surface area contributed by atoms with E-state index in [1.807, 2.05) is 13.8 Å². The van der Waals surface area contributed by atoms with Crippen LogP contribution in [-0.4, -0.2) is 43.1 Å². The van der Waals surface area contributed by atoms with Crippen molar-refractivity contribution < 1.29 is 35.3 Å². The van der Waals surface area contributed by atoms with Crippen molar-refractivity contribution in [2.45, 2.75) is 25.3 Å². The van der Waals surface area contributed by atoms with Crippen molar-refractivity contribution in [2.75, 3.05) is 18.4 Å². The fourth-order valence-corrected chi connectivity index (χ4v) is 4.98. The average Bonchev–Trinajstić information content (AvgIpc) is 3.13. The van der Waals surface area contributed by atoms with Gasteiger partial charge >= 0.3 is 5.97 Å². The number of fused-ring (bicyclic) bond motifs is 1. The Hall–Kier alpha value is -3.80. The SMILES string of the molecule is CCN(CC)Cc1cc(NC2=NS(=O)(=O)c3ccccc32)ccc1OC(=O)c1cccc([N+](=O)[O-])c1.[Cl-]. The van der Waals surface area contributed by atoms with Crippen LogP contribution in [0.4, 0.5) is 11.4 Å². The van der Waals surface area contributed by atoms with E-state index in [9.17, 15) is 23.3 Å². The van der Waals surface area contributed by atoms with Gasteiger partial charge in [-0.15, -0.1) is 4.40 Å². The van der Waals surface area contributed by atoms with Crippen molar-refractivity contribution in [3.05, 3.63) is 93.5 Å². The van der Waals surface area contributed by atoms with Gasteiger partial charge in [-0.05, 0) is 49.5 Å². The van der Waals surface area contributed by atoms with Crippen LogP contribution in [0.25, 0.3) is 0 Å². The minimum atomic E-state index is -3.78.